The van der Waals surface area contributed by atoms with Crippen molar-refractivity contribution in [2.75, 3.05) is 5.75 Å². The predicted octanol–water partition coefficient (Wildman–Crippen LogP) is 5.60. The molecule has 168 valence electrons. The summed E-state index contributed by atoms with van der Waals surface area (Å²) in [6.45, 7) is 8.40. The molecule has 2 aromatic rings. The van der Waals surface area contributed by atoms with Crippen LogP contribution in [0.2, 0.25) is 5.02 Å². The molecular formula is C25H33ClN2O2S. The molecule has 0 bridgehead atoms. The van der Waals surface area contributed by atoms with Gasteiger partial charge in [-0.05, 0) is 49.9 Å². The zero-order chi connectivity index (χ0) is 22.8. The number of hydrogen-bond donors (Lipinski definition) is 1. The van der Waals surface area contributed by atoms with Crippen LogP contribution in [0, 0.1) is 6.92 Å². The first-order valence-corrected chi connectivity index (χ1v) is 12.3. The van der Waals surface area contributed by atoms with Crippen molar-refractivity contribution in [2.24, 2.45) is 0 Å². The van der Waals surface area contributed by atoms with Gasteiger partial charge in [0.15, 0.2) is 0 Å². The lowest BCUT2D eigenvalue weighted by Crippen LogP contribution is -2.51. The number of nitrogens with zero attached hydrogens (tertiary/aromatic N) is 1. The maximum atomic E-state index is 13.2. The van der Waals surface area contributed by atoms with Crippen molar-refractivity contribution in [3.63, 3.8) is 0 Å². The number of halogens is 1. The molecule has 4 nitrogen and oxygen atoms in total. The molecule has 0 aliphatic rings. The molecule has 31 heavy (non-hydrogen) atoms. The standard InChI is InChI=1S/C25H33ClN2O2S/c1-5-19(4)27-25(30)23(6-2)28(15-20-11-13-22(26)14-12-20)24(29)17-31-16-21-9-7-18(3)8-10-21/h7-14,19,23H,5-6,15-17H2,1-4H3,(H,27,30)/t19-,23+/m1/s1. The first-order valence-electron chi connectivity index (χ1n) is 10.8. The van der Waals surface area contributed by atoms with E-state index in [2.05, 4.69) is 36.5 Å². The Bertz CT molecular complexity index is 840. The van der Waals surface area contributed by atoms with E-state index in [1.165, 1.54) is 11.1 Å². The summed E-state index contributed by atoms with van der Waals surface area (Å²) in [5.74, 6) is 0.964. The topological polar surface area (TPSA) is 49.4 Å². The van der Waals surface area contributed by atoms with Gasteiger partial charge in [0.05, 0.1) is 5.75 Å². The van der Waals surface area contributed by atoms with Crippen LogP contribution in [0.4, 0.5) is 0 Å². The van der Waals surface area contributed by atoms with E-state index in [0.29, 0.717) is 23.7 Å². The minimum absolute atomic E-state index is 0.0294. The lowest BCUT2D eigenvalue weighted by Gasteiger charge is -2.31. The van der Waals surface area contributed by atoms with Crippen LogP contribution >= 0.6 is 23.4 Å². The lowest BCUT2D eigenvalue weighted by atomic mass is 10.1. The minimum atomic E-state index is -0.503. The monoisotopic (exact) mass is 460 g/mol. The molecule has 0 saturated carbocycles. The predicted molar refractivity (Wildman–Crippen MR) is 131 cm³/mol. The van der Waals surface area contributed by atoms with E-state index >= 15 is 0 Å². The van der Waals surface area contributed by atoms with Crippen LogP contribution in [0.5, 0.6) is 0 Å². The SMILES string of the molecule is CC[C@@H](C)NC(=O)[C@H](CC)N(Cc1ccc(Cl)cc1)C(=O)CSCc1ccc(C)cc1. The fourth-order valence-corrected chi connectivity index (χ4v) is 4.17. The molecule has 2 amide bonds. The average Bonchev–Trinajstić information content (AvgIpc) is 2.76. The van der Waals surface area contributed by atoms with Gasteiger partial charge in [-0.1, -0.05) is 67.4 Å². The van der Waals surface area contributed by atoms with Crippen LogP contribution in [0.3, 0.4) is 0 Å². The van der Waals surface area contributed by atoms with Crippen LogP contribution in [-0.4, -0.2) is 34.6 Å². The van der Waals surface area contributed by atoms with E-state index in [0.717, 1.165) is 17.7 Å². The van der Waals surface area contributed by atoms with Crippen molar-refractivity contribution >= 4 is 35.2 Å². The first kappa shape index (κ1) is 25.3. The zero-order valence-electron chi connectivity index (χ0n) is 18.9. The minimum Gasteiger partial charge on any atom is -0.352 e. The fourth-order valence-electron chi connectivity index (χ4n) is 3.17. The third-order valence-electron chi connectivity index (χ3n) is 5.27. The van der Waals surface area contributed by atoms with E-state index in [9.17, 15) is 9.59 Å². The normalized spacial score (nSPS) is 12.8. The summed E-state index contributed by atoms with van der Waals surface area (Å²) in [7, 11) is 0. The Balaban J connectivity index is 2.12. The van der Waals surface area contributed by atoms with Crippen molar-refractivity contribution in [3.8, 4) is 0 Å². The third kappa shape index (κ3) is 8.23. The number of benzene rings is 2. The molecule has 0 unspecified atom stereocenters. The number of carbonyl (C=O) groups excluding carboxylic acids is 2. The molecule has 0 radical (unpaired) electrons. The van der Waals surface area contributed by atoms with Crippen LogP contribution in [0.25, 0.3) is 0 Å². The van der Waals surface area contributed by atoms with Gasteiger partial charge in [-0.2, -0.15) is 0 Å². The summed E-state index contributed by atoms with van der Waals surface area (Å²) in [5, 5.41) is 3.69. The summed E-state index contributed by atoms with van der Waals surface area (Å²) in [5.41, 5.74) is 3.36. The Morgan fingerprint density at radius 1 is 1.00 bits per heavy atom. The van der Waals surface area contributed by atoms with Gasteiger partial charge in [0.25, 0.3) is 0 Å². The molecule has 0 saturated heterocycles. The quantitative estimate of drug-likeness (QED) is 0.474. The van der Waals surface area contributed by atoms with Crippen molar-refractivity contribution in [3.05, 3.63) is 70.2 Å². The number of rotatable bonds is 11. The molecule has 0 spiro atoms. The molecule has 0 fully saturated rings. The first-order chi connectivity index (χ1) is 14.8. The van der Waals surface area contributed by atoms with Crippen LogP contribution in [-0.2, 0) is 21.9 Å². The Morgan fingerprint density at radius 2 is 1.61 bits per heavy atom. The number of nitrogens with one attached hydrogen (secondary N) is 1. The van der Waals surface area contributed by atoms with Crippen molar-refractivity contribution in [2.45, 2.75) is 64.9 Å². The number of hydrogen-bond acceptors (Lipinski definition) is 3. The van der Waals surface area contributed by atoms with Crippen LogP contribution in [0.1, 0.15) is 50.3 Å². The van der Waals surface area contributed by atoms with Gasteiger partial charge < -0.3 is 10.2 Å². The number of aryl methyl sites for hydroxylation is 1. The van der Waals surface area contributed by atoms with Crippen molar-refractivity contribution < 1.29 is 9.59 Å². The van der Waals surface area contributed by atoms with Crippen LogP contribution in [0.15, 0.2) is 48.5 Å². The molecule has 2 aromatic carbocycles. The van der Waals surface area contributed by atoms with Crippen LogP contribution < -0.4 is 5.32 Å². The van der Waals surface area contributed by atoms with Gasteiger partial charge in [0.1, 0.15) is 6.04 Å². The van der Waals surface area contributed by atoms with Gasteiger partial charge in [0.2, 0.25) is 11.8 Å². The number of carbonyl (C=O) groups is 2. The summed E-state index contributed by atoms with van der Waals surface area (Å²) >= 11 is 7.59. The molecule has 0 aromatic heterocycles. The molecule has 2 rings (SSSR count). The number of thioether (sulfide) groups is 1. The third-order valence-corrected chi connectivity index (χ3v) is 6.51. The Morgan fingerprint density at radius 3 is 2.19 bits per heavy atom. The largest absolute Gasteiger partial charge is 0.352 e. The molecular weight excluding hydrogens is 428 g/mol. The Hall–Kier alpha value is -1.98. The summed E-state index contributed by atoms with van der Waals surface area (Å²) in [4.78, 5) is 27.9. The molecule has 1 N–H and O–H groups in total. The van der Waals surface area contributed by atoms with E-state index in [1.807, 2.05) is 45.0 Å². The van der Waals surface area contributed by atoms with Crippen molar-refractivity contribution in [1.29, 1.82) is 0 Å². The lowest BCUT2D eigenvalue weighted by molar-refractivity contribution is -0.139. The number of amides is 2. The van der Waals surface area contributed by atoms with E-state index in [1.54, 1.807) is 16.7 Å². The summed E-state index contributed by atoms with van der Waals surface area (Å²) in [6.07, 6.45) is 1.41. The maximum Gasteiger partial charge on any atom is 0.243 e. The second-order valence-corrected chi connectivity index (χ2v) is 9.29. The van der Waals surface area contributed by atoms with Crippen molar-refractivity contribution in [1.82, 2.24) is 10.2 Å². The highest BCUT2D eigenvalue weighted by Crippen LogP contribution is 2.19. The zero-order valence-corrected chi connectivity index (χ0v) is 20.4. The Kier molecular flexibility index (Phi) is 10.4. The van der Waals surface area contributed by atoms with Gasteiger partial charge in [-0.15, -0.1) is 11.8 Å². The second kappa shape index (κ2) is 12.8. The van der Waals surface area contributed by atoms with Gasteiger partial charge in [-0.3, -0.25) is 9.59 Å². The highest BCUT2D eigenvalue weighted by molar-refractivity contribution is 7.99. The average molecular weight is 461 g/mol. The molecule has 6 heteroatoms. The van der Waals surface area contributed by atoms with Gasteiger partial charge in [0, 0.05) is 23.4 Å². The molecule has 0 aliphatic heterocycles. The maximum absolute atomic E-state index is 13.2. The highest BCUT2D eigenvalue weighted by Gasteiger charge is 2.29. The summed E-state index contributed by atoms with van der Waals surface area (Å²) < 4.78 is 0. The molecule has 2 atom stereocenters. The van der Waals surface area contributed by atoms with Gasteiger partial charge in [-0.25, -0.2) is 0 Å². The Labute approximate surface area is 195 Å². The molecule has 0 heterocycles. The van der Waals surface area contributed by atoms with Gasteiger partial charge >= 0.3 is 0 Å². The fraction of sp³-hybridized carbons (Fsp3) is 0.440. The van der Waals surface area contributed by atoms with E-state index in [4.69, 9.17) is 11.6 Å². The highest BCUT2D eigenvalue weighted by atomic mass is 35.5. The smallest absolute Gasteiger partial charge is 0.243 e. The molecule has 0 aliphatic carbocycles. The summed E-state index contributed by atoms with van der Waals surface area (Å²) in [6, 6.07) is 15.3. The van der Waals surface area contributed by atoms with E-state index < -0.39 is 6.04 Å². The second-order valence-electron chi connectivity index (χ2n) is 7.87. The van der Waals surface area contributed by atoms with E-state index in [-0.39, 0.29) is 17.9 Å².